The zero-order valence-corrected chi connectivity index (χ0v) is 23.0. The first kappa shape index (κ1) is 30.2. The predicted octanol–water partition coefficient (Wildman–Crippen LogP) is 0.297. The molecule has 0 radical (unpaired) electrons. The fourth-order valence-electron chi connectivity index (χ4n) is 3.76. The summed E-state index contributed by atoms with van der Waals surface area (Å²) in [7, 11) is -3.42. The number of hydrogen-bond acceptors (Lipinski definition) is 9. The number of aliphatic hydroxyl groups is 1. The van der Waals surface area contributed by atoms with Crippen LogP contribution in [0.1, 0.15) is 43.4 Å². The molecule has 0 aliphatic heterocycles. The van der Waals surface area contributed by atoms with Crippen molar-refractivity contribution in [3.63, 3.8) is 0 Å². The Hall–Kier alpha value is -3.39. The lowest BCUT2D eigenvalue weighted by molar-refractivity contribution is -0.126. The third-order valence-electron chi connectivity index (χ3n) is 5.88. The van der Waals surface area contributed by atoms with Crippen molar-refractivity contribution in [2.45, 2.75) is 44.9 Å². The second kappa shape index (κ2) is 13.6. The molecular weight excluding hydrogens is 524 g/mol. The van der Waals surface area contributed by atoms with Crippen molar-refractivity contribution < 1.29 is 27.9 Å². The van der Waals surface area contributed by atoms with Crippen LogP contribution in [0.25, 0.3) is 5.65 Å². The smallest absolute Gasteiger partial charge is 0.240 e. The van der Waals surface area contributed by atoms with Gasteiger partial charge in [-0.3, -0.25) is 14.0 Å². The number of nitrogens with one attached hydrogen (secondary N) is 2. The number of nitrogens with zero attached hydrogens (tertiary/aromatic N) is 3. The third kappa shape index (κ3) is 9.10. The summed E-state index contributed by atoms with van der Waals surface area (Å²) in [6.45, 7) is 3.15. The fourth-order valence-corrected chi connectivity index (χ4v) is 4.66. The van der Waals surface area contributed by atoms with E-state index in [0.29, 0.717) is 24.5 Å². The maximum Gasteiger partial charge on any atom is 0.240 e. The number of pyridine rings is 1. The van der Waals surface area contributed by atoms with Gasteiger partial charge in [-0.15, -0.1) is 10.2 Å². The summed E-state index contributed by atoms with van der Waals surface area (Å²) >= 11 is 0. The quantitative estimate of drug-likeness (QED) is 0.203. The molecule has 1 atom stereocenters. The van der Waals surface area contributed by atoms with Crippen LogP contribution in [-0.4, -0.2) is 76.7 Å². The van der Waals surface area contributed by atoms with Gasteiger partial charge in [-0.05, 0) is 38.0 Å². The number of amides is 2. The Morgan fingerprint density at radius 2 is 1.85 bits per heavy atom. The number of hydrogen-bond donors (Lipinski definition) is 4. The average Bonchev–Trinajstić information content (AvgIpc) is 3.31. The van der Waals surface area contributed by atoms with E-state index in [9.17, 15) is 18.0 Å². The van der Waals surface area contributed by atoms with E-state index in [1.807, 2.05) is 36.4 Å². The zero-order valence-electron chi connectivity index (χ0n) is 22.2. The SMILES string of the molecule is CC(C)(N)C(=O)N[C@H](COCc1ccccc1)c1nnc2cccc(CCC(=O)NCCS(=O)(=O)CCO)n12. The molecule has 1 aromatic carbocycles. The molecule has 2 aromatic heterocycles. The van der Waals surface area contributed by atoms with Crippen LogP contribution in [0.15, 0.2) is 48.5 Å². The summed E-state index contributed by atoms with van der Waals surface area (Å²) in [5.41, 5.74) is 7.12. The number of aliphatic hydroxyl groups excluding tert-OH is 1. The van der Waals surface area contributed by atoms with Crippen molar-refractivity contribution in [3.05, 3.63) is 65.6 Å². The van der Waals surface area contributed by atoms with Gasteiger partial charge in [0, 0.05) is 18.7 Å². The van der Waals surface area contributed by atoms with Crippen LogP contribution < -0.4 is 16.4 Å². The lowest BCUT2D eigenvalue weighted by Gasteiger charge is -2.24. The van der Waals surface area contributed by atoms with Crippen molar-refractivity contribution in [1.82, 2.24) is 25.2 Å². The van der Waals surface area contributed by atoms with Gasteiger partial charge in [-0.1, -0.05) is 36.4 Å². The molecule has 2 heterocycles. The topological polar surface area (TPSA) is 178 Å². The Bertz CT molecular complexity index is 1350. The van der Waals surface area contributed by atoms with Crippen molar-refractivity contribution in [2.24, 2.45) is 5.73 Å². The Morgan fingerprint density at radius 1 is 1.10 bits per heavy atom. The van der Waals surface area contributed by atoms with Gasteiger partial charge in [-0.2, -0.15) is 0 Å². The minimum atomic E-state index is -3.42. The number of sulfone groups is 1. The van der Waals surface area contributed by atoms with E-state index in [1.165, 1.54) is 0 Å². The minimum Gasteiger partial charge on any atom is -0.395 e. The molecule has 3 aromatic rings. The summed E-state index contributed by atoms with van der Waals surface area (Å²) in [6.07, 6.45) is 0.402. The highest BCUT2D eigenvalue weighted by Gasteiger charge is 2.28. The molecule has 12 nitrogen and oxygen atoms in total. The summed E-state index contributed by atoms with van der Waals surface area (Å²) in [4.78, 5) is 25.2. The van der Waals surface area contributed by atoms with E-state index in [4.69, 9.17) is 15.6 Å². The van der Waals surface area contributed by atoms with Crippen LogP contribution in [0.4, 0.5) is 0 Å². The van der Waals surface area contributed by atoms with E-state index in [0.717, 1.165) is 11.3 Å². The van der Waals surface area contributed by atoms with Crippen molar-refractivity contribution >= 4 is 27.3 Å². The summed E-state index contributed by atoms with van der Waals surface area (Å²) in [5, 5.41) is 22.9. The Kier molecular flexibility index (Phi) is 10.5. The van der Waals surface area contributed by atoms with Crippen molar-refractivity contribution in [2.75, 3.05) is 31.3 Å². The predicted molar refractivity (Wildman–Crippen MR) is 145 cm³/mol. The van der Waals surface area contributed by atoms with Crippen LogP contribution in [0.3, 0.4) is 0 Å². The van der Waals surface area contributed by atoms with Gasteiger partial charge in [0.05, 0.1) is 36.9 Å². The second-order valence-electron chi connectivity index (χ2n) is 9.74. The number of nitrogens with two attached hydrogens (primary N) is 1. The highest BCUT2D eigenvalue weighted by molar-refractivity contribution is 7.91. The van der Waals surface area contributed by atoms with Crippen LogP contribution in [0.2, 0.25) is 0 Å². The standard InChI is InChI=1S/C26H36N6O6S/c1-26(2,27)25(35)29-21(18-38-17-19-7-4-3-5-8-19)24-31-30-22-10-6-9-20(32(22)24)11-12-23(34)28-13-15-39(36,37)16-14-33/h3-10,21,33H,11-18,27H2,1-2H3,(H,28,34)(H,29,35)/t21-/m1/s1. The maximum absolute atomic E-state index is 12.8. The van der Waals surface area contributed by atoms with E-state index in [2.05, 4.69) is 20.8 Å². The van der Waals surface area contributed by atoms with Gasteiger partial charge in [-0.25, -0.2) is 8.42 Å². The summed E-state index contributed by atoms with van der Waals surface area (Å²) in [6, 6.07) is 14.3. The molecule has 0 aliphatic carbocycles. The summed E-state index contributed by atoms with van der Waals surface area (Å²) in [5.74, 6) is -0.856. The molecular formula is C26H36N6O6S. The second-order valence-corrected chi connectivity index (χ2v) is 12.0. The van der Waals surface area contributed by atoms with E-state index in [-0.39, 0.29) is 42.9 Å². The fraction of sp³-hybridized carbons (Fsp3) is 0.462. The van der Waals surface area contributed by atoms with Crippen LogP contribution in [-0.2, 0) is 37.2 Å². The lowest BCUT2D eigenvalue weighted by atomic mass is 10.1. The number of fused-ring (bicyclic) bond motifs is 1. The van der Waals surface area contributed by atoms with E-state index in [1.54, 1.807) is 30.4 Å². The Balaban J connectivity index is 1.75. The molecule has 2 amide bonds. The maximum atomic E-state index is 12.8. The van der Waals surface area contributed by atoms with Gasteiger partial charge in [0.15, 0.2) is 21.3 Å². The molecule has 13 heteroatoms. The van der Waals surface area contributed by atoms with Crippen LogP contribution in [0, 0.1) is 0 Å². The first-order valence-corrected chi connectivity index (χ1v) is 14.4. The van der Waals surface area contributed by atoms with Gasteiger partial charge < -0.3 is 26.2 Å². The molecule has 0 bridgehead atoms. The monoisotopic (exact) mass is 560 g/mol. The third-order valence-corrected chi connectivity index (χ3v) is 7.51. The lowest BCUT2D eigenvalue weighted by Crippen LogP contribution is -2.51. The number of ether oxygens (including phenoxy) is 1. The number of benzene rings is 1. The zero-order chi connectivity index (χ0) is 28.5. The highest BCUT2D eigenvalue weighted by Crippen LogP contribution is 2.19. The Labute approximate surface area is 227 Å². The molecule has 0 spiro atoms. The molecule has 5 N–H and O–H groups in total. The number of aryl methyl sites for hydroxylation is 1. The summed E-state index contributed by atoms with van der Waals surface area (Å²) < 4.78 is 31.2. The molecule has 0 unspecified atom stereocenters. The molecule has 39 heavy (non-hydrogen) atoms. The van der Waals surface area contributed by atoms with Crippen LogP contribution in [0.5, 0.6) is 0 Å². The molecule has 0 aliphatic rings. The first-order chi connectivity index (χ1) is 18.5. The molecule has 212 valence electrons. The Morgan fingerprint density at radius 3 is 2.54 bits per heavy atom. The number of carbonyl (C=O) groups is 2. The average molecular weight is 561 g/mol. The normalized spacial score (nSPS) is 12.8. The minimum absolute atomic E-state index is 0.0367. The van der Waals surface area contributed by atoms with Crippen molar-refractivity contribution in [1.29, 1.82) is 0 Å². The highest BCUT2D eigenvalue weighted by atomic mass is 32.2. The largest absolute Gasteiger partial charge is 0.395 e. The van der Waals surface area contributed by atoms with Gasteiger partial charge in [0.25, 0.3) is 0 Å². The van der Waals surface area contributed by atoms with E-state index >= 15 is 0 Å². The molecule has 0 fully saturated rings. The van der Waals surface area contributed by atoms with Crippen molar-refractivity contribution in [3.8, 4) is 0 Å². The molecule has 3 rings (SSSR count). The molecule has 0 saturated heterocycles. The van der Waals surface area contributed by atoms with Gasteiger partial charge in [0.1, 0.15) is 6.04 Å². The number of aromatic nitrogens is 3. The number of carbonyl (C=O) groups excluding carboxylic acids is 2. The number of rotatable bonds is 15. The van der Waals surface area contributed by atoms with Crippen LogP contribution >= 0.6 is 0 Å². The van der Waals surface area contributed by atoms with Gasteiger partial charge >= 0.3 is 0 Å². The van der Waals surface area contributed by atoms with Gasteiger partial charge in [0.2, 0.25) is 11.8 Å². The van der Waals surface area contributed by atoms with E-state index < -0.39 is 28.0 Å². The molecule has 0 saturated carbocycles. The first-order valence-electron chi connectivity index (χ1n) is 12.6.